The summed E-state index contributed by atoms with van der Waals surface area (Å²) in [6.07, 6.45) is 0.333. The normalized spacial score (nSPS) is 27.7. The second kappa shape index (κ2) is 6.76. The van der Waals surface area contributed by atoms with Crippen molar-refractivity contribution in [1.82, 2.24) is 4.90 Å². The molecule has 22 heavy (non-hydrogen) atoms. The Labute approximate surface area is 126 Å². The van der Waals surface area contributed by atoms with E-state index in [1.54, 1.807) is 0 Å². The zero-order valence-electron chi connectivity index (χ0n) is 12.2. The van der Waals surface area contributed by atoms with Gasteiger partial charge in [-0.25, -0.2) is 4.79 Å². The Morgan fingerprint density at radius 2 is 2.27 bits per heavy atom. The molecule has 2 saturated heterocycles. The largest absolute Gasteiger partial charge is 0.464 e. The molecule has 4 atom stereocenters. The summed E-state index contributed by atoms with van der Waals surface area (Å²) in [7, 11) is 0. The van der Waals surface area contributed by atoms with Crippen LogP contribution in [0.4, 0.5) is 0 Å². The number of carbonyl (C=O) groups excluding carboxylic acids is 3. The first kappa shape index (κ1) is 16.3. The van der Waals surface area contributed by atoms with Crippen molar-refractivity contribution < 1.29 is 24.2 Å². The first-order valence-corrected chi connectivity index (χ1v) is 7.19. The van der Waals surface area contributed by atoms with E-state index in [4.69, 9.17) is 10.3 Å². The van der Waals surface area contributed by atoms with Crippen LogP contribution in [0.25, 0.3) is 10.4 Å². The lowest BCUT2D eigenvalue weighted by atomic mass is 9.84. The lowest BCUT2D eigenvalue weighted by Gasteiger charge is -2.45. The van der Waals surface area contributed by atoms with Crippen LogP contribution in [-0.4, -0.2) is 59.0 Å². The highest BCUT2D eigenvalue weighted by Crippen LogP contribution is 2.39. The number of nitrogens with zero attached hydrogens (tertiary/aromatic N) is 4. The van der Waals surface area contributed by atoms with Crippen LogP contribution in [0.2, 0.25) is 0 Å². The highest BCUT2D eigenvalue weighted by Gasteiger charge is 2.61. The Morgan fingerprint density at radius 3 is 2.91 bits per heavy atom. The van der Waals surface area contributed by atoms with Crippen LogP contribution in [0, 0.1) is 5.92 Å². The average Bonchev–Trinajstić information content (AvgIpc) is 2.75. The van der Waals surface area contributed by atoms with Gasteiger partial charge < -0.3 is 14.7 Å². The quantitative estimate of drug-likeness (QED) is 0.136. The van der Waals surface area contributed by atoms with Crippen LogP contribution in [0.5, 0.6) is 0 Å². The van der Waals surface area contributed by atoms with E-state index in [0.717, 1.165) is 0 Å². The Morgan fingerprint density at radius 1 is 1.55 bits per heavy atom. The maximum absolute atomic E-state index is 12.0. The molecular weight excluding hydrogens is 292 g/mol. The van der Waals surface area contributed by atoms with Crippen LogP contribution in [0.15, 0.2) is 5.11 Å². The third kappa shape index (κ3) is 2.90. The molecule has 2 aliphatic rings. The molecule has 0 saturated carbocycles. The van der Waals surface area contributed by atoms with E-state index in [2.05, 4.69) is 10.0 Å². The van der Waals surface area contributed by atoms with Gasteiger partial charge in [-0.3, -0.25) is 9.59 Å². The van der Waals surface area contributed by atoms with E-state index >= 15 is 0 Å². The second-order valence-corrected chi connectivity index (χ2v) is 5.48. The van der Waals surface area contributed by atoms with Gasteiger partial charge in [0, 0.05) is 17.9 Å². The van der Waals surface area contributed by atoms with Gasteiger partial charge in [0.1, 0.15) is 0 Å². The monoisotopic (exact) mass is 310 g/mol. The van der Waals surface area contributed by atoms with Crippen molar-refractivity contribution >= 4 is 17.7 Å². The summed E-state index contributed by atoms with van der Waals surface area (Å²) >= 11 is 0. The number of aliphatic hydroxyl groups excluding tert-OH is 1. The number of azide groups is 1. The van der Waals surface area contributed by atoms with E-state index in [-0.39, 0.29) is 24.7 Å². The van der Waals surface area contributed by atoms with Crippen LogP contribution in [0.1, 0.15) is 26.2 Å². The fourth-order valence-corrected chi connectivity index (χ4v) is 2.96. The molecule has 120 valence electrons. The fourth-order valence-electron chi connectivity index (χ4n) is 2.96. The molecular formula is C13H18N4O5. The molecule has 2 heterocycles. The summed E-state index contributed by atoms with van der Waals surface area (Å²) in [5.74, 6) is -2.06. The lowest BCUT2D eigenvalue weighted by Crippen LogP contribution is -2.65. The van der Waals surface area contributed by atoms with Crippen molar-refractivity contribution in [3.05, 3.63) is 10.4 Å². The molecule has 4 unspecified atom stereocenters. The van der Waals surface area contributed by atoms with Gasteiger partial charge in [0.15, 0.2) is 11.8 Å². The minimum atomic E-state index is -1.18. The molecule has 0 aromatic heterocycles. The van der Waals surface area contributed by atoms with Crippen LogP contribution in [0.3, 0.4) is 0 Å². The van der Waals surface area contributed by atoms with Crippen molar-refractivity contribution in [3.63, 3.8) is 0 Å². The van der Waals surface area contributed by atoms with Crippen molar-refractivity contribution in [2.24, 2.45) is 11.0 Å². The molecule has 9 nitrogen and oxygen atoms in total. The molecule has 1 N–H and O–H groups in total. The molecule has 1 amide bonds. The molecule has 0 aromatic rings. The second-order valence-electron chi connectivity index (χ2n) is 5.48. The maximum atomic E-state index is 12.0. The summed E-state index contributed by atoms with van der Waals surface area (Å²) in [6, 6.07) is -1.58. The van der Waals surface area contributed by atoms with Gasteiger partial charge in [-0.1, -0.05) is 5.11 Å². The lowest BCUT2D eigenvalue weighted by molar-refractivity contribution is -0.172. The number of amides is 1. The van der Waals surface area contributed by atoms with Gasteiger partial charge in [0.05, 0.1) is 24.7 Å². The molecule has 0 spiro atoms. The number of hydrogen-bond donors (Lipinski definition) is 1. The number of rotatable bonds is 7. The Bertz CT molecular complexity index is 529. The third-order valence-electron chi connectivity index (χ3n) is 4.01. The summed E-state index contributed by atoms with van der Waals surface area (Å²) in [5.41, 5.74) is 8.11. The standard InChI is InChI=1S/C13H18N4O5/c1-7(18)10-8-6-9(19)11(17(8)12(10)20)13(21)22-5-3-2-4-15-16-14/h7-8,10-11,18H,2-6H2,1H3. The zero-order valence-corrected chi connectivity index (χ0v) is 12.2. The number of esters is 1. The molecule has 0 aliphatic carbocycles. The summed E-state index contributed by atoms with van der Waals surface area (Å²) in [5, 5.41) is 12.9. The van der Waals surface area contributed by atoms with Gasteiger partial charge >= 0.3 is 5.97 Å². The van der Waals surface area contributed by atoms with E-state index in [0.29, 0.717) is 19.4 Å². The first-order valence-electron chi connectivity index (χ1n) is 7.19. The smallest absolute Gasteiger partial charge is 0.336 e. The number of hydrogen-bond acceptors (Lipinski definition) is 6. The maximum Gasteiger partial charge on any atom is 0.336 e. The SMILES string of the molecule is CC(O)C1C(=O)N2C(C(=O)OCCCCN=[N+]=[N-])C(=O)CC12. The highest BCUT2D eigenvalue weighted by atomic mass is 16.5. The van der Waals surface area contributed by atoms with E-state index in [9.17, 15) is 19.5 Å². The number of Topliss-reactive ketones (excluding diaryl/α,β-unsaturated/α-hetero) is 1. The van der Waals surface area contributed by atoms with Gasteiger partial charge in [-0.05, 0) is 25.3 Å². The Kier molecular flexibility index (Phi) is 4.99. The Balaban J connectivity index is 1.84. The average molecular weight is 310 g/mol. The molecule has 0 aromatic carbocycles. The van der Waals surface area contributed by atoms with Gasteiger partial charge in [-0.2, -0.15) is 0 Å². The summed E-state index contributed by atoms with van der Waals surface area (Å²) in [4.78, 5) is 39.7. The predicted molar refractivity (Wildman–Crippen MR) is 73.4 cm³/mol. The van der Waals surface area contributed by atoms with Crippen molar-refractivity contribution in [1.29, 1.82) is 0 Å². The molecule has 2 aliphatic heterocycles. The van der Waals surface area contributed by atoms with Gasteiger partial charge in [-0.15, -0.1) is 0 Å². The molecule has 2 rings (SSSR count). The van der Waals surface area contributed by atoms with Crippen molar-refractivity contribution in [3.8, 4) is 0 Å². The van der Waals surface area contributed by atoms with Crippen LogP contribution < -0.4 is 0 Å². The molecule has 2 fully saturated rings. The topological polar surface area (TPSA) is 133 Å². The predicted octanol–water partition coefficient (Wildman–Crippen LogP) is 0.169. The summed E-state index contributed by atoms with van der Waals surface area (Å²) < 4.78 is 5.02. The number of unbranched alkanes of at least 4 members (excludes halogenated alkanes) is 1. The number of carbonyl (C=O) groups is 3. The highest BCUT2D eigenvalue weighted by molar-refractivity contribution is 6.11. The Hall–Kier alpha value is -2.12. The van der Waals surface area contributed by atoms with Gasteiger partial charge in [0.2, 0.25) is 5.91 Å². The zero-order chi connectivity index (χ0) is 16.3. The van der Waals surface area contributed by atoms with Crippen molar-refractivity contribution in [2.45, 2.75) is 44.4 Å². The number of fused-ring (bicyclic) bond motifs is 1. The van der Waals surface area contributed by atoms with E-state index < -0.39 is 30.1 Å². The number of β-lactam (4-membered cyclic amide) rings is 1. The molecule has 0 bridgehead atoms. The minimum Gasteiger partial charge on any atom is -0.464 e. The van der Waals surface area contributed by atoms with Gasteiger partial charge in [0.25, 0.3) is 0 Å². The van der Waals surface area contributed by atoms with Crippen molar-refractivity contribution in [2.75, 3.05) is 13.2 Å². The first-order chi connectivity index (χ1) is 10.5. The minimum absolute atomic E-state index is 0.0813. The van der Waals surface area contributed by atoms with Crippen LogP contribution >= 0.6 is 0 Å². The number of ketones is 1. The summed E-state index contributed by atoms with van der Waals surface area (Å²) in [6.45, 7) is 1.93. The van der Waals surface area contributed by atoms with E-state index in [1.165, 1.54) is 11.8 Å². The number of ether oxygens (including phenoxy) is 1. The third-order valence-corrected chi connectivity index (χ3v) is 4.01. The number of aliphatic hydroxyl groups is 1. The van der Waals surface area contributed by atoms with Crippen LogP contribution in [-0.2, 0) is 19.1 Å². The fraction of sp³-hybridized carbons (Fsp3) is 0.769. The molecule has 0 radical (unpaired) electrons. The van der Waals surface area contributed by atoms with E-state index in [1.807, 2.05) is 0 Å². The molecule has 9 heteroatoms.